The monoisotopic (exact) mass is 272 g/mol. The van der Waals surface area contributed by atoms with Gasteiger partial charge in [0.15, 0.2) is 0 Å². The maximum absolute atomic E-state index is 8.83. The molecule has 2 heterocycles. The van der Waals surface area contributed by atoms with Gasteiger partial charge in [-0.05, 0) is 24.3 Å². The lowest BCUT2D eigenvalue weighted by Gasteiger charge is -2.03. The molecule has 3 aromatic rings. The molecule has 3 rings (SSSR count). The minimum absolute atomic E-state index is 0.00225. The zero-order valence-corrected chi connectivity index (χ0v) is 10.9. The number of aromatic nitrogens is 2. The lowest BCUT2D eigenvalue weighted by molar-refractivity contribution is 0.202. The Kier molecular flexibility index (Phi) is 3.39. The molecule has 5 heteroatoms. The summed E-state index contributed by atoms with van der Waals surface area (Å²) in [5.74, 6) is 0.711. The van der Waals surface area contributed by atoms with Gasteiger partial charge in [-0.3, -0.25) is 4.98 Å². The molecule has 0 aliphatic heterocycles. The van der Waals surface area contributed by atoms with Crippen LogP contribution >= 0.6 is 11.3 Å². The normalized spacial score (nSPS) is 10.8. The van der Waals surface area contributed by atoms with E-state index >= 15 is 0 Å². The van der Waals surface area contributed by atoms with Gasteiger partial charge in [-0.15, -0.1) is 11.3 Å². The Balaban J connectivity index is 2.05. The molecular formula is C14H12N2O2S. The van der Waals surface area contributed by atoms with Crippen LogP contribution in [0.5, 0.6) is 5.75 Å². The first kappa shape index (κ1) is 12.1. The molecule has 96 valence electrons. The number of rotatable bonds is 4. The number of aliphatic hydroxyl groups is 1. The molecule has 0 aliphatic rings. The quantitative estimate of drug-likeness (QED) is 0.793. The Hall–Kier alpha value is -1.98. The van der Waals surface area contributed by atoms with Gasteiger partial charge in [0.25, 0.3) is 0 Å². The Labute approximate surface area is 114 Å². The number of ether oxygens (including phenoxy) is 1. The average Bonchev–Trinajstić information content (AvgIpc) is 2.90. The number of hydrogen-bond donors (Lipinski definition) is 1. The summed E-state index contributed by atoms with van der Waals surface area (Å²) in [6.07, 6.45) is 3.51. The minimum Gasteiger partial charge on any atom is -0.489 e. The van der Waals surface area contributed by atoms with Crippen LogP contribution in [-0.2, 0) is 0 Å². The summed E-state index contributed by atoms with van der Waals surface area (Å²) in [6.45, 7) is 0.277. The molecule has 0 atom stereocenters. The molecule has 0 bridgehead atoms. The van der Waals surface area contributed by atoms with Gasteiger partial charge in [0.2, 0.25) is 0 Å². The molecule has 0 spiro atoms. The van der Waals surface area contributed by atoms with Gasteiger partial charge >= 0.3 is 0 Å². The maximum atomic E-state index is 8.83. The fourth-order valence-electron chi connectivity index (χ4n) is 1.81. The van der Waals surface area contributed by atoms with Gasteiger partial charge in [-0.1, -0.05) is 6.07 Å². The van der Waals surface area contributed by atoms with Crippen molar-refractivity contribution in [3.63, 3.8) is 0 Å². The van der Waals surface area contributed by atoms with E-state index in [1.54, 1.807) is 23.7 Å². The highest BCUT2D eigenvalue weighted by Crippen LogP contribution is 2.34. The minimum atomic E-state index is -0.00225. The van der Waals surface area contributed by atoms with E-state index in [9.17, 15) is 0 Å². The zero-order valence-electron chi connectivity index (χ0n) is 10.1. The van der Waals surface area contributed by atoms with E-state index < -0.39 is 0 Å². The fourth-order valence-corrected chi connectivity index (χ4v) is 2.80. The van der Waals surface area contributed by atoms with Crippen molar-refractivity contribution in [3.05, 3.63) is 42.7 Å². The lowest BCUT2D eigenvalue weighted by atomic mass is 10.3. The first-order chi connectivity index (χ1) is 9.38. The lowest BCUT2D eigenvalue weighted by Crippen LogP contribution is -2.01. The second-order valence-electron chi connectivity index (χ2n) is 3.93. The van der Waals surface area contributed by atoms with E-state index in [2.05, 4.69) is 9.97 Å². The largest absolute Gasteiger partial charge is 0.489 e. The van der Waals surface area contributed by atoms with Gasteiger partial charge in [0.1, 0.15) is 22.9 Å². The van der Waals surface area contributed by atoms with Crippen molar-refractivity contribution >= 4 is 21.6 Å². The van der Waals surface area contributed by atoms with Gasteiger partial charge in [0.05, 0.1) is 11.3 Å². The molecule has 4 nitrogen and oxygen atoms in total. The molecule has 0 unspecified atom stereocenters. The van der Waals surface area contributed by atoms with E-state index in [4.69, 9.17) is 9.84 Å². The Morgan fingerprint density at radius 1 is 1.16 bits per heavy atom. The highest BCUT2D eigenvalue weighted by molar-refractivity contribution is 7.21. The molecule has 1 N–H and O–H groups in total. The third kappa shape index (κ3) is 2.43. The standard InChI is InChI=1S/C14H12N2O2S/c17-8-9-18-11-2-1-3-12-13(11)16-14(19-12)10-4-6-15-7-5-10/h1-7,17H,8-9H2. The molecule has 2 aromatic heterocycles. The highest BCUT2D eigenvalue weighted by Gasteiger charge is 2.10. The molecule has 0 aliphatic carbocycles. The van der Waals surface area contributed by atoms with Crippen LogP contribution in [-0.4, -0.2) is 28.3 Å². The fraction of sp³-hybridized carbons (Fsp3) is 0.143. The van der Waals surface area contributed by atoms with Crippen molar-refractivity contribution < 1.29 is 9.84 Å². The van der Waals surface area contributed by atoms with Crippen molar-refractivity contribution in [2.75, 3.05) is 13.2 Å². The van der Waals surface area contributed by atoms with E-state index in [0.29, 0.717) is 5.75 Å². The van der Waals surface area contributed by atoms with E-state index in [0.717, 1.165) is 20.8 Å². The zero-order chi connectivity index (χ0) is 13.1. The van der Waals surface area contributed by atoms with Crippen molar-refractivity contribution in [2.24, 2.45) is 0 Å². The Morgan fingerprint density at radius 2 is 2.00 bits per heavy atom. The number of nitrogens with zero attached hydrogens (tertiary/aromatic N) is 2. The molecule has 0 amide bonds. The van der Waals surface area contributed by atoms with Crippen molar-refractivity contribution in [3.8, 4) is 16.3 Å². The summed E-state index contributed by atoms with van der Waals surface area (Å²) in [6, 6.07) is 9.69. The molecule has 1 aromatic carbocycles. The number of fused-ring (bicyclic) bond motifs is 1. The molecule has 0 saturated heterocycles. The molecule has 0 saturated carbocycles. The number of para-hydroxylation sites is 1. The predicted octanol–water partition coefficient (Wildman–Crippen LogP) is 2.73. The first-order valence-electron chi connectivity index (χ1n) is 5.92. The van der Waals surface area contributed by atoms with Gasteiger partial charge in [-0.2, -0.15) is 0 Å². The maximum Gasteiger partial charge on any atom is 0.146 e. The van der Waals surface area contributed by atoms with Crippen molar-refractivity contribution in [2.45, 2.75) is 0 Å². The van der Waals surface area contributed by atoms with Gasteiger partial charge in [0, 0.05) is 18.0 Å². The van der Waals surface area contributed by atoms with E-state index in [-0.39, 0.29) is 13.2 Å². The summed E-state index contributed by atoms with van der Waals surface area (Å²) in [7, 11) is 0. The molecule has 19 heavy (non-hydrogen) atoms. The molecule has 0 radical (unpaired) electrons. The summed E-state index contributed by atoms with van der Waals surface area (Å²) in [4.78, 5) is 8.63. The first-order valence-corrected chi connectivity index (χ1v) is 6.74. The smallest absolute Gasteiger partial charge is 0.146 e. The number of hydrogen-bond acceptors (Lipinski definition) is 5. The number of thiazole rings is 1. The molecular weight excluding hydrogens is 260 g/mol. The molecule has 0 fully saturated rings. The van der Waals surface area contributed by atoms with Crippen molar-refractivity contribution in [1.82, 2.24) is 9.97 Å². The number of aliphatic hydroxyl groups excluding tert-OH is 1. The van der Waals surface area contributed by atoms with Crippen LogP contribution in [0, 0.1) is 0 Å². The SMILES string of the molecule is OCCOc1cccc2sc(-c3ccncc3)nc12. The second-order valence-corrected chi connectivity index (χ2v) is 4.96. The van der Waals surface area contributed by atoms with Crippen molar-refractivity contribution in [1.29, 1.82) is 0 Å². The van der Waals surface area contributed by atoms with Crippen LogP contribution in [0.1, 0.15) is 0 Å². The number of benzene rings is 1. The third-order valence-corrected chi connectivity index (χ3v) is 3.73. The topological polar surface area (TPSA) is 55.2 Å². The predicted molar refractivity (Wildman–Crippen MR) is 75.4 cm³/mol. The third-order valence-electron chi connectivity index (χ3n) is 2.66. The Morgan fingerprint density at radius 3 is 2.79 bits per heavy atom. The Bertz CT molecular complexity index is 682. The van der Waals surface area contributed by atoms with Crippen LogP contribution < -0.4 is 4.74 Å². The van der Waals surface area contributed by atoms with Crippen LogP contribution in [0.15, 0.2) is 42.7 Å². The van der Waals surface area contributed by atoms with Gasteiger partial charge in [-0.25, -0.2) is 4.98 Å². The van der Waals surface area contributed by atoms with E-state index in [1.165, 1.54) is 0 Å². The van der Waals surface area contributed by atoms with Crippen LogP contribution in [0.4, 0.5) is 0 Å². The van der Waals surface area contributed by atoms with E-state index in [1.807, 2.05) is 30.3 Å². The summed E-state index contributed by atoms with van der Waals surface area (Å²) >= 11 is 1.62. The highest BCUT2D eigenvalue weighted by atomic mass is 32.1. The summed E-state index contributed by atoms with van der Waals surface area (Å²) in [5, 5.41) is 9.78. The van der Waals surface area contributed by atoms with Crippen LogP contribution in [0.3, 0.4) is 0 Å². The average molecular weight is 272 g/mol. The number of pyridine rings is 1. The van der Waals surface area contributed by atoms with Crippen LogP contribution in [0.25, 0.3) is 20.8 Å². The second kappa shape index (κ2) is 5.34. The van der Waals surface area contributed by atoms with Crippen LogP contribution in [0.2, 0.25) is 0 Å². The summed E-state index contributed by atoms with van der Waals surface area (Å²) in [5.41, 5.74) is 1.89. The van der Waals surface area contributed by atoms with Gasteiger partial charge < -0.3 is 9.84 Å². The summed E-state index contributed by atoms with van der Waals surface area (Å²) < 4.78 is 6.57.